The van der Waals surface area contributed by atoms with E-state index in [0.29, 0.717) is 13.1 Å². The quantitative estimate of drug-likeness (QED) is 0.647. The first-order valence-electron chi connectivity index (χ1n) is 10.3. The first kappa shape index (κ1) is 20.2. The first-order chi connectivity index (χ1) is 14.4. The molecule has 0 spiro atoms. The molecule has 1 aliphatic carbocycles. The SMILES string of the molecule is CCN1C[C@H](CN(C)CC(=O)c2c(N)n(C3CC3)c(=O)[nH]c2=O)Oc2ccccc21. The van der Waals surface area contributed by atoms with Crippen molar-refractivity contribution < 1.29 is 9.53 Å². The van der Waals surface area contributed by atoms with Crippen molar-refractivity contribution in [3.63, 3.8) is 0 Å². The van der Waals surface area contributed by atoms with Gasteiger partial charge in [0.25, 0.3) is 5.56 Å². The van der Waals surface area contributed by atoms with Crippen LogP contribution in [0.3, 0.4) is 0 Å². The number of rotatable bonds is 7. The van der Waals surface area contributed by atoms with E-state index >= 15 is 0 Å². The minimum atomic E-state index is -0.729. The Morgan fingerprint density at radius 3 is 2.73 bits per heavy atom. The van der Waals surface area contributed by atoms with Crippen LogP contribution in [0, 0.1) is 0 Å². The van der Waals surface area contributed by atoms with Crippen molar-refractivity contribution in [3.05, 3.63) is 50.7 Å². The van der Waals surface area contributed by atoms with E-state index in [9.17, 15) is 14.4 Å². The Kier molecular flexibility index (Phi) is 5.38. The third-order valence-electron chi connectivity index (χ3n) is 5.61. The molecule has 1 aromatic heterocycles. The molecule has 2 aromatic rings. The monoisotopic (exact) mass is 413 g/mol. The molecule has 1 aliphatic heterocycles. The average molecular weight is 413 g/mol. The van der Waals surface area contributed by atoms with E-state index in [4.69, 9.17) is 10.5 Å². The maximum Gasteiger partial charge on any atom is 0.330 e. The van der Waals surface area contributed by atoms with E-state index in [0.717, 1.165) is 30.8 Å². The van der Waals surface area contributed by atoms with Crippen LogP contribution in [0.1, 0.15) is 36.2 Å². The van der Waals surface area contributed by atoms with E-state index in [1.54, 1.807) is 7.05 Å². The van der Waals surface area contributed by atoms with Gasteiger partial charge in [0.2, 0.25) is 0 Å². The Morgan fingerprint density at radius 1 is 1.30 bits per heavy atom. The normalized spacial score (nSPS) is 18.2. The number of likely N-dealkylation sites (N-methyl/N-ethyl adjacent to an activating group) is 2. The number of fused-ring (bicyclic) bond motifs is 1. The average Bonchev–Trinajstić information content (AvgIpc) is 3.51. The number of hydrogen-bond acceptors (Lipinski definition) is 7. The maximum absolute atomic E-state index is 12.9. The van der Waals surface area contributed by atoms with E-state index in [-0.39, 0.29) is 30.1 Å². The molecule has 0 radical (unpaired) electrons. The molecule has 3 N–H and O–H groups in total. The highest BCUT2D eigenvalue weighted by Crippen LogP contribution is 2.35. The molecule has 160 valence electrons. The zero-order chi connectivity index (χ0) is 21.4. The fourth-order valence-corrected chi connectivity index (χ4v) is 4.04. The van der Waals surface area contributed by atoms with E-state index in [1.165, 1.54) is 4.57 Å². The molecule has 1 aromatic carbocycles. The van der Waals surface area contributed by atoms with Crippen LogP contribution in [0.4, 0.5) is 11.5 Å². The highest BCUT2D eigenvalue weighted by Gasteiger charge is 2.31. The number of para-hydroxylation sites is 2. The minimum Gasteiger partial charge on any atom is -0.485 e. The second-order valence-corrected chi connectivity index (χ2v) is 7.99. The molecule has 30 heavy (non-hydrogen) atoms. The Bertz CT molecular complexity index is 1070. The van der Waals surface area contributed by atoms with Crippen LogP contribution >= 0.6 is 0 Å². The lowest BCUT2D eigenvalue weighted by Crippen LogP contribution is -2.47. The van der Waals surface area contributed by atoms with Crippen LogP contribution in [0.5, 0.6) is 5.75 Å². The summed E-state index contributed by atoms with van der Waals surface area (Å²) in [4.78, 5) is 43.5. The lowest BCUT2D eigenvalue weighted by atomic mass is 10.1. The number of benzene rings is 1. The van der Waals surface area contributed by atoms with Gasteiger partial charge in [-0.3, -0.25) is 24.0 Å². The van der Waals surface area contributed by atoms with Crippen LogP contribution < -0.4 is 26.6 Å². The second-order valence-electron chi connectivity index (χ2n) is 7.99. The third kappa shape index (κ3) is 3.85. The van der Waals surface area contributed by atoms with E-state index < -0.39 is 17.0 Å². The van der Waals surface area contributed by atoms with Gasteiger partial charge in [0.15, 0.2) is 5.78 Å². The van der Waals surface area contributed by atoms with Crippen LogP contribution in [-0.2, 0) is 0 Å². The maximum atomic E-state index is 12.9. The first-order valence-corrected chi connectivity index (χ1v) is 10.3. The number of ether oxygens (including phenoxy) is 1. The Morgan fingerprint density at radius 2 is 2.03 bits per heavy atom. The van der Waals surface area contributed by atoms with Gasteiger partial charge in [-0.05, 0) is 38.9 Å². The molecule has 2 heterocycles. The number of carbonyl (C=O) groups is 1. The number of hydrogen-bond donors (Lipinski definition) is 2. The van der Waals surface area contributed by atoms with Crippen LogP contribution in [0.25, 0.3) is 0 Å². The standard InChI is InChI=1S/C21H27N5O4/c1-3-25-11-14(30-17-7-5-4-6-15(17)25)10-24(2)12-16(27)18-19(22)26(13-8-9-13)21(29)23-20(18)28/h4-7,13-14H,3,8-12,22H2,1-2H3,(H,23,28,29)/t14-/m0/s1. The summed E-state index contributed by atoms with van der Waals surface area (Å²) in [5.41, 5.74) is 5.69. The number of aromatic amines is 1. The number of carbonyl (C=O) groups excluding carboxylic acids is 1. The van der Waals surface area contributed by atoms with Gasteiger partial charge in [-0.2, -0.15) is 0 Å². The van der Waals surface area contributed by atoms with Crippen molar-refractivity contribution in [1.82, 2.24) is 14.5 Å². The van der Waals surface area contributed by atoms with Gasteiger partial charge in [-0.15, -0.1) is 0 Å². The second kappa shape index (κ2) is 7.98. The Balaban J connectivity index is 1.47. The van der Waals surface area contributed by atoms with Gasteiger partial charge in [-0.25, -0.2) is 4.79 Å². The van der Waals surface area contributed by atoms with Crippen molar-refractivity contribution in [2.24, 2.45) is 0 Å². The predicted molar refractivity (Wildman–Crippen MR) is 115 cm³/mol. The summed E-state index contributed by atoms with van der Waals surface area (Å²) in [6, 6.07) is 7.86. The van der Waals surface area contributed by atoms with Gasteiger partial charge in [-0.1, -0.05) is 12.1 Å². The molecule has 1 fully saturated rings. The molecular weight excluding hydrogens is 386 g/mol. The molecule has 0 bridgehead atoms. The zero-order valence-corrected chi connectivity index (χ0v) is 17.3. The molecule has 9 nitrogen and oxygen atoms in total. The van der Waals surface area contributed by atoms with Crippen LogP contribution in [0.15, 0.2) is 33.9 Å². The number of aromatic nitrogens is 2. The Hall–Kier alpha value is -3.07. The highest BCUT2D eigenvalue weighted by molar-refractivity contribution is 6.01. The van der Waals surface area contributed by atoms with Crippen molar-refractivity contribution in [3.8, 4) is 5.75 Å². The fourth-order valence-electron chi connectivity index (χ4n) is 4.04. The smallest absolute Gasteiger partial charge is 0.330 e. The van der Waals surface area contributed by atoms with E-state index in [2.05, 4.69) is 16.8 Å². The number of Topliss-reactive ketones (excluding diaryl/α,β-unsaturated/α-hetero) is 1. The number of nitrogens with two attached hydrogens (primary N) is 1. The molecule has 2 aliphatic rings. The molecule has 0 amide bonds. The zero-order valence-electron chi connectivity index (χ0n) is 17.3. The van der Waals surface area contributed by atoms with Gasteiger partial charge in [0.05, 0.1) is 18.8 Å². The minimum absolute atomic E-state index is 0.00375. The van der Waals surface area contributed by atoms with Crippen molar-refractivity contribution >= 4 is 17.3 Å². The molecule has 9 heteroatoms. The predicted octanol–water partition coefficient (Wildman–Crippen LogP) is 0.856. The molecule has 1 atom stereocenters. The third-order valence-corrected chi connectivity index (χ3v) is 5.61. The number of H-pyrrole nitrogens is 1. The van der Waals surface area contributed by atoms with Crippen molar-refractivity contribution in [2.45, 2.75) is 31.9 Å². The summed E-state index contributed by atoms with van der Waals surface area (Å²) in [6.07, 6.45) is 1.52. The lowest BCUT2D eigenvalue weighted by Gasteiger charge is -2.37. The number of ketones is 1. The topological polar surface area (TPSA) is 114 Å². The van der Waals surface area contributed by atoms with Gasteiger partial charge in [0.1, 0.15) is 23.2 Å². The number of anilines is 2. The van der Waals surface area contributed by atoms with Crippen molar-refractivity contribution in [2.75, 3.05) is 43.9 Å². The molecule has 0 saturated heterocycles. The fraction of sp³-hybridized carbons (Fsp3) is 0.476. The Labute approximate surface area is 174 Å². The van der Waals surface area contributed by atoms with Crippen LogP contribution in [0.2, 0.25) is 0 Å². The molecular formula is C21H27N5O4. The highest BCUT2D eigenvalue weighted by atomic mass is 16.5. The molecule has 0 unspecified atom stereocenters. The summed E-state index contributed by atoms with van der Waals surface area (Å²) in [5, 5.41) is 0. The van der Waals surface area contributed by atoms with Gasteiger partial charge < -0.3 is 15.4 Å². The summed E-state index contributed by atoms with van der Waals surface area (Å²) in [6.45, 7) is 4.17. The van der Waals surface area contributed by atoms with E-state index in [1.807, 2.05) is 29.2 Å². The van der Waals surface area contributed by atoms with Crippen LogP contribution in [-0.4, -0.2) is 59.6 Å². The summed E-state index contributed by atoms with van der Waals surface area (Å²) < 4.78 is 7.44. The summed E-state index contributed by atoms with van der Waals surface area (Å²) in [7, 11) is 1.80. The largest absolute Gasteiger partial charge is 0.485 e. The van der Waals surface area contributed by atoms with Gasteiger partial charge >= 0.3 is 5.69 Å². The molecule has 4 rings (SSSR count). The number of nitrogens with zero attached hydrogens (tertiary/aromatic N) is 3. The summed E-state index contributed by atoms with van der Waals surface area (Å²) in [5.74, 6) is 0.381. The number of nitrogen functional groups attached to an aromatic ring is 1. The lowest BCUT2D eigenvalue weighted by molar-refractivity contribution is 0.0902. The van der Waals surface area contributed by atoms with Crippen molar-refractivity contribution in [1.29, 1.82) is 0 Å². The van der Waals surface area contributed by atoms with Gasteiger partial charge in [0, 0.05) is 19.1 Å². The molecule has 1 saturated carbocycles. The number of nitrogens with one attached hydrogen (secondary N) is 1. The summed E-state index contributed by atoms with van der Waals surface area (Å²) >= 11 is 0.